The Bertz CT molecular complexity index is 553. The summed E-state index contributed by atoms with van der Waals surface area (Å²) in [7, 11) is 0. The maximum absolute atomic E-state index is 12.7. The van der Waals surface area contributed by atoms with Crippen molar-refractivity contribution >= 4 is 5.78 Å². The maximum atomic E-state index is 12.7. The van der Waals surface area contributed by atoms with Crippen molar-refractivity contribution in [2.24, 2.45) is 0 Å². The molecule has 0 aliphatic carbocycles. The zero-order valence-corrected chi connectivity index (χ0v) is 11.1. The van der Waals surface area contributed by atoms with Gasteiger partial charge in [0.05, 0.1) is 5.41 Å². The predicted molar refractivity (Wildman–Crippen MR) is 75.0 cm³/mol. The molecular weight excluding hydrogens is 220 g/mol. The molecular formula is C17H18O. The minimum absolute atomic E-state index is 0.173. The number of ketones is 1. The zero-order chi connectivity index (χ0) is 13.2. The number of Topliss-reactive ketones (excluding diaryl/α,β-unsaturated/α-hetero) is 1. The molecule has 0 saturated heterocycles. The molecule has 0 unspecified atom stereocenters. The van der Waals surface area contributed by atoms with E-state index in [9.17, 15) is 4.79 Å². The molecule has 18 heavy (non-hydrogen) atoms. The fourth-order valence-electron chi connectivity index (χ4n) is 2.15. The molecule has 0 aliphatic heterocycles. The van der Waals surface area contributed by atoms with Gasteiger partial charge in [0, 0.05) is 5.56 Å². The van der Waals surface area contributed by atoms with Crippen LogP contribution in [0.2, 0.25) is 0 Å². The molecule has 1 heteroatoms. The van der Waals surface area contributed by atoms with Crippen LogP contribution in [0.5, 0.6) is 0 Å². The van der Waals surface area contributed by atoms with E-state index in [-0.39, 0.29) is 5.78 Å². The van der Waals surface area contributed by atoms with Gasteiger partial charge in [0.2, 0.25) is 0 Å². The largest absolute Gasteiger partial charge is 0.293 e. The van der Waals surface area contributed by atoms with Gasteiger partial charge in [-0.2, -0.15) is 0 Å². The number of rotatable bonds is 3. The highest BCUT2D eigenvalue weighted by Gasteiger charge is 2.30. The van der Waals surface area contributed by atoms with E-state index >= 15 is 0 Å². The third-order valence-corrected chi connectivity index (χ3v) is 3.45. The summed E-state index contributed by atoms with van der Waals surface area (Å²) in [5.74, 6) is 0.173. The van der Waals surface area contributed by atoms with Gasteiger partial charge in [0.1, 0.15) is 0 Å². The Morgan fingerprint density at radius 1 is 0.889 bits per heavy atom. The van der Waals surface area contributed by atoms with Crippen LogP contribution in [0.15, 0.2) is 54.6 Å². The highest BCUT2D eigenvalue weighted by atomic mass is 16.1. The molecule has 92 valence electrons. The smallest absolute Gasteiger partial charge is 0.173 e. The Kier molecular flexibility index (Phi) is 3.33. The van der Waals surface area contributed by atoms with Gasteiger partial charge >= 0.3 is 0 Å². The fraction of sp³-hybridized carbons (Fsp3) is 0.235. The highest BCUT2D eigenvalue weighted by Crippen LogP contribution is 2.28. The molecule has 2 aromatic carbocycles. The van der Waals surface area contributed by atoms with E-state index < -0.39 is 5.41 Å². The molecule has 0 amide bonds. The second-order valence-electron chi connectivity index (χ2n) is 5.14. The van der Waals surface area contributed by atoms with Crippen molar-refractivity contribution in [3.05, 3.63) is 71.3 Å². The van der Waals surface area contributed by atoms with Gasteiger partial charge in [-0.1, -0.05) is 54.6 Å². The van der Waals surface area contributed by atoms with Crippen LogP contribution in [0.25, 0.3) is 0 Å². The Hall–Kier alpha value is -1.89. The second-order valence-corrected chi connectivity index (χ2v) is 5.14. The summed E-state index contributed by atoms with van der Waals surface area (Å²) < 4.78 is 0. The minimum Gasteiger partial charge on any atom is -0.293 e. The summed E-state index contributed by atoms with van der Waals surface area (Å²) in [6, 6.07) is 17.7. The Labute approximate surface area is 108 Å². The van der Waals surface area contributed by atoms with Gasteiger partial charge in [-0.15, -0.1) is 0 Å². The van der Waals surface area contributed by atoms with Crippen molar-refractivity contribution in [1.29, 1.82) is 0 Å². The van der Waals surface area contributed by atoms with Gasteiger partial charge in [0.25, 0.3) is 0 Å². The summed E-state index contributed by atoms with van der Waals surface area (Å²) in [5, 5.41) is 0. The van der Waals surface area contributed by atoms with Gasteiger partial charge < -0.3 is 0 Å². The Balaban J connectivity index is 2.43. The third-order valence-electron chi connectivity index (χ3n) is 3.45. The van der Waals surface area contributed by atoms with E-state index in [1.54, 1.807) is 0 Å². The van der Waals surface area contributed by atoms with Crippen molar-refractivity contribution in [2.45, 2.75) is 26.2 Å². The first-order chi connectivity index (χ1) is 8.53. The normalized spacial score (nSPS) is 11.3. The average molecular weight is 238 g/mol. The van der Waals surface area contributed by atoms with E-state index in [1.165, 1.54) is 0 Å². The lowest BCUT2D eigenvalue weighted by Gasteiger charge is -2.24. The van der Waals surface area contributed by atoms with E-state index in [0.717, 1.165) is 16.7 Å². The quantitative estimate of drug-likeness (QED) is 0.734. The molecule has 0 heterocycles. The summed E-state index contributed by atoms with van der Waals surface area (Å²) in [6.45, 7) is 5.95. The van der Waals surface area contributed by atoms with Crippen LogP contribution in [0.4, 0.5) is 0 Å². The molecule has 0 N–H and O–H groups in total. The molecule has 0 aliphatic rings. The molecule has 1 nitrogen and oxygen atoms in total. The minimum atomic E-state index is -0.493. The van der Waals surface area contributed by atoms with Crippen molar-refractivity contribution < 1.29 is 4.79 Å². The molecule has 0 atom stereocenters. The second kappa shape index (κ2) is 4.77. The van der Waals surface area contributed by atoms with E-state index in [4.69, 9.17) is 0 Å². The summed E-state index contributed by atoms with van der Waals surface area (Å²) >= 11 is 0. The maximum Gasteiger partial charge on any atom is 0.173 e. The predicted octanol–water partition coefficient (Wildman–Crippen LogP) is 4.16. The van der Waals surface area contributed by atoms with Crippen LogP contribution < -0.4 is 0 Å². The number of benzene rings is 2. The van der Waals surface area contributed by atoms with Gasteiger partial charge in [-0.3, -0.25) is 4.79 Å². The van der Waals surface area contributed by atoms with Crippen molar-refractivity contribution in [2.75, 3.05) is 0 Å². The van der Waals surface area contributed by atoms with Crippen LogP contribution in [0.1, 0.15) is 35.3 Å². The standard InChI is InChI=1S/C17H18O/c1-13-9-7-8-12-15(13)16(18)17(2,3)14-10-5-4-6-11-14/h4-12H,1-3H3. The molecule has 2 rings (SSSR count). The van der Waals surface area contributed by atoms with E-state index in [1.807, 2.05) is 75.4 Å². The third kappa shape index (κ3) is 2.21. The van der Waals surface area contributed by atoms with Crippen molar-refractivity contribution in [1.82, 2.24) is 0 Å². The monoisotopic (exact) mass is 238 g/mol. The molecule has 2 aromatic rings. The first kappa shape index (κ1) is 12.6. The SMILES string of the molecule is Cc1ccccc1C(=O)C(C)(C)c1ccccc1. The summed E-state index contributed by atoms with van der Waals surface area (Å²) in [6.07, 6.45) is 0. The number of carbonyl (C=O) groups is 1. The first-order valence-corrected chi connectivity index (χ1v) is 6.19. The molecule has 0 radical (unpaired) electrons. The number of hydrogen-bond donors (Lipinski definition) is 0. The number of carbonyl (C=O) groups excluding carboxylic acids is 1. The molecule has 0 bridgehead atoms. The van der Waals surface area contributed by atoms with Crippen molar-refractivity contribution in [3.8, 4) is 0 Å². The fourth-order valence-corrected chi connectivity index (χ4v) is 2.15. The molecule has 0 aromatic heterocycles. The first-order valence-electron chi connectivity index (χ1n) is 6.19. The topological polar surface area (TPSA) is 17.1 Å². The lowest BCUT2D eigenvalue weighted by molar-refractivity contribution is 0.0908. The molecule has 0 spiro atoms. The van der Waals surface area contributed by atoms with Crippen LogP contribution in [0, 0.1) is 6.92 Å². The lowest BCUT2D eigenvalue weighted by atomic mass is 9.77. The van der Waals surface area contributed by atoms with Gasteiger partial charge in [-0.25, -0.2) is 0 Å². The van der Waals surface area contributed by atoms with Crippen LogP contribution in [0.3, 0.4) is 0 Å². The van der Waals surface area contributed by atoms with Crippen LogP contribution in [-0.4, -0.2) is 5.78 Å². The molecule has 0 fully saturated rings. The lowest BCUT2D eigenvalue weighted by Crippen LogP contribution is -2.29. The summed E-state index contributed by atoms with van der Waals surface area (Å²) in [4.78, 5) is 12.7. The number of aryl methyl sites for hydroxylation is 1. The molecule has 0 saturated carbocycles. The van der Waals surface area contributed by atoms with E-state index in [0.29, 0.717) is 0 Å². The average Bonchev–Trinajstić information content (AvgIpc) is 2.39. The zero-order valence-electron chi connectivity index (χ0n) is 11.1. The Morgan fingerprint density at radius 3 is 2.06 bits per heavy atom. The van der Waals surface area contributed by atoms with E-state index in [2.05, 4.69) is 0 Å². The number of hydrogen-bond acceptors (Lipinski definition) is 1. The highest BCUT2D eigenvalue weighted by molar-refractivity contribution is 6.04. The van der Waals surface area contributed by atoms with Crippen molar-refractivity contribution in [3.63, 3.8) is 0 Å². The van der Waals surface area contributed by atoms with Gasteiger partial charge in [0.15, 0.2) is 5.78 Å². The van der Waals surface area contributed by atoms with Crippen LogP contribution in [-0.2, 0) is 5.41 Å². The Morgan fingerprint density at radius 2 is 1.44 bits per heavy atom. The summed E-state index contributed by atoms with van der Waals surface area (Å²) in [5.41, 5.74) is 2.41. The van der Waals surface area contributed by atoms with Gasteiger partial charge in [-0.05, 0) is 31.9 Å². The van der Waals surface area contributed by atoms with Crippen LogP contribution >= 0.6 is 0 Å².